The number of hydrogen-bond acceptors (Lipinski definition) is 3. The van der Waals surface area contributed by atoms with Gasteiger partial charge in [0.15, 0.2) is 9.84 Å². The van der Waals surface area contributed by atoms with Crippen molar-refractivity contribution in [3.05, 3.63) is 65.5 Å². The first-order chi connectivity index (χ1) is 11.1. The van der Waals surface area contributed by atoms with Crippen LogP contribution in [-0.4, -0.2) is 13.2 Å². The summed E-state index contributed by atoms with van der Waals surface area (Å²) < 4.78 is 37.5. The molecule has 3 nitrogen and oxygen atoms in total. The maximum absolute atomic E-state index is 13.8. The Morgan fingerprint density at radius 1 is 1.04 bits per heavy atom. The molecule has 0 heterocycles. The second-order valence-electron chi connectivity index (χ2n) is 6.96. The summed E-state index contributed by atoms with van der Waals surface area (Å²) in [7, 11) is -3.21. The first kappa shape index (κ1) is 18.5. The predicted octanol–water partition coefficient (Wildman–Crippen LogP) is 4.71. The van der Waals surface area contributed by atoms with E-state index < -0.39 is 14.6 Å². The van der Waals surface area contributed by atoms with Gasteiger partial charge in [0.2, 0.25) is 0 Å². The lowest BCUT2D eigenvalue weighted by Gasteiger charge is -2.20. The highest BCUT2D eigenvalue weighted by Gasteiger charge is 2.28. The first-order valence-electron chi connectivity index (χ1n) is 7.92. The molecule has 0 saturated carbocycles. The molecule has 2 aromatic rings. The summed E-state index contributed by atoms with van der Waals surface area (Å²) in [4.78, 5) is 0. The fourth-order valence-corrected chi connectivity index (χ4v) is 3.35. The Hall–Kier alpha value is -1.88. The van der Waals surface area contributed by atoms with Crippen molar-refractivity contribution in [1.82, 2.24) is 0 Å². The van der Waals surface area contributed by atoms with Gasteiger partial charge in [-0.1, -0.05) is 30.3 Å². The van der Waals surface area contributed by atoms with E-state index in [0.717, 1.165) is 11.3 Å². The fourth-order valence-electron chi connectivity index (χ4n) is 2.29. The van der Waals surface area contributed by atoms with Crippen LogP contribution in [0.5, 0.6) is 0 Å². The van der Waals surface area contributed by atoms with Gasteiger partial charge in [0, 0.05) is 11.3 Å². The van der Waals surface area contributed by atoms with Crippen molar-refractivity contribution in [3.8, 4) is 0 Å². The molecule has 0 spiro atoms. The lowest BCUT2D eigenvalue weighted by atomic mass is 10.1. The third-order valence-corrected chi connectivity index (χ3v) is 6.58. The number of halogens is 1. The standard InChI is InChI=1S/C19H24FNO2S/c1-14(17-7-5-6-8-18(17)20)21-16-11-9-15(10-12-16)13-24(22,23)19(2,3)4/h5-12,14,21H,13H2,1-4H3/t14-/m0/s1. The maximum atomic E-state index is 13.8. The molecule has 2 aromatic carbocycles. The minimum absolute atomic E-state index is 0.0135. The van der Waals surface area contributed by atoms with E-state index in [1.807, 2.05) is 19.1 Å². The number of anilines is 1. The van der Waals surface area contributed by atoms with Gasteiger partial charge in [-0.05, 0) is 51.5 Å². The summed E-state index contributed by atoms with van der Waals surface area (Å²) >= 11 is 0. The number of hydrogen-bond donors (Lipinski definition) is 1. The highest BCUT2D eigenvalue weighted by molar-refractivity contribution is 7.91. The molecular weight excluding hydrogens is 325 g/mol. The van der Waals surface area contributed by atoms with Crippen molar-refractivity contribution < 1.29 is 12.8 Å². The van der Waals surface area contributed by atoms with E-state index in [1.165, 1.54) is 6.07 Å². The van der Waals surface area contributed by atoms with Crippen LogP contribution in [0.2, 0.25) is 0 Å². The second kappa shape index (κ2) is 6.93. The van der Waals surface area contributed by atoms with E-state index in [1.54, 1.807) is 51.1 Å². The van der Waals surface area contributed by atoms with Gasteiger partial charge in [-0.15, -0.1) is 0 Å². The molecule has 0 aliphatic carbocycles. The van der Waals surface area contributed by atoms with Crippen molar-refractivity contribution >= 4 is 15.5 Å². The molecule has 0 fully saturated rings. The molecule has 1 atom stereocenters. The van der Waals surface area contributed by atoms with Gasteiger partial charge in [-0.2, -0.15) is 0 Å². The van der Waals surface area contributed by atoms with E-state index in [-0.39, 0.29) is 17.6 Å². The van der Waals surface area contributed by atoms with Gasteiger partial charge in [0.25, 0.3) is 0 Å². The van der Waals surface area contributed by atoms with Crippen LogP contribution >= 0.6 is 0 Å². The van der Waals surface area contributed by atoms with Gasteiger partial charge in [0.1, 0.15) is 5.82 Å². The summed E-state index contributed by atoms with van der Waals surface area (Å²) in [6.07, 6.45) is 0. The second-order valence-corrected chi connectivity index (χ2v) is 9.70. The Kier molecular flexibility index (Phi) is 5.33. The highest BCUT2D eigenvalue weighted by atomic mass is 32.2. The van der Waals surface area contributed by atoms with Crippen LogP contribution < -0.4 is 5.32 Å². The SMILES string of the molecule is C[C@H](Nc1ccc(CS(=O)(=O)C(C)(C)C)cc1)c1ccccc1F. The lowest BCUT2D eigenvalue weighted by molar-refractivity contribution is 0.559. The van der Waals surface area contributed by atoms with E-state index in [0.29, 0.717) is 5.56 Å². The Balaban J connectivity index is 2.09. The Morgan fingerprint density at radius 3 is 2.17 bits per heavy atom. The molecule has 130 valence electrons. The molecule has 0 saturated heterocycles. The largest absolute Gasteiger partial charge is 0.378 e. The predicted molar refractivity (Wildman–Crippen MR) is 97.3 cm³/mol. The Bertz CT molecular complexity index is 793. The van der Waals surface area contributed by atoms with Crippen LogP contribution in [0.4, 0.5) is 10.1 Å². The van der Waals surface area contributed by atoms with Crippen molar-refractivity contribution in [2.75, 3.05) is 5.32 Å². The van der Waals surface area contributed by atoms with Crippen molar-refractivity contribution in [3.63, 3.8) is 0 Å². The zero-order chi connectivity index (χ0) is 18.0. The number of rotatable bonds is 5. The van der Waals surface area contributed by atoms with Crippen LogP contribution in [-0.2, 0) is 15.6 Å². The number of benzene rings is 2. The Labute approximate surface area is 143 Å². The zero-order valence-electron chi connectivity index (χ0n) is 14.5. The van der Waals surface area contributed by atoms with E-state index >= 15 is 0 Å². The highest BCUT2D eigenvalue weighted by Crippen LogP contribution is 2.24. The van der Waals surface area contributed by atoms with E-state index in [2.05, 4.69) is 5.32 Å². The number of sulfone groups is 1. The third-order valence-electron chi connectivity index (χ3n) is 4.00. The normalized spacial score (nSPS) is 13.5. The molecule has 0 aromatic heterocycles. The molecule has 0 bridgehead atoms. The molecule has 24 heavy (non-hydrogen) atoms. The smallest absolute Gasteiger partial charge is 0.159 e. The van der Waals surface area contributed by atoms with Gasteiger partial charge >= 0.3 is 0 Å². The molecule has 0 aliphatic rings. The van der Waals surface area contributed by atoms with Gasteiger partial charge < -0.3 is 5.32 Å². The lowest BCUT2D eigenvalue weighted by Crippen LogP contribution is -2.29. The van der Waals surface area contributed by atoms with Crippen LogP contribution in [0.25, 0.3) is 0 Å². The molecule has 0 aliphatic heterocycles. The molecule has 1 N–H and O–H groups in total. The summed E-state index contributed by atoms with van der Waals surface area (Å²) in [5, 5.41) is 3.23. The monoisotopic (exact) mass is 349 g/mol. The van der Waals surface area contributed by atoms with Crippen molar-refractivity contribution in [1.29, 1.82) is 0 Å². The summed E-state index contributed by atoms with van der Waals surface area (Å²) in [5.74, 6) is -0.231. The minimum Gasteiger partial charge on any atom is -0.378 e. The van der Waals surface area contributed by atoms with E-state index in [9.17, 15) is 12.8 Å². The fraction of sp³-hybridized carbons (Fsp3) is 0.368. The molecule has 0 radical (unpaired) electrons. The maximum Gasteiger partial charge on any atom is 0.159 e. The number of nitrogens with one attached hydrogen (secondary N) is 1. The minimum atomic E-state index is -3.21. The molecule has 0 unspecified atom stereocenters. The van der Waals surface area contributed by atoms with Gasteiger partial charge in [-0.25, -0.2) is 12.8 Å². The topological polar surface area (TPSA) is 46.2 Å². The van der Waals surface area contributed by atoms with Crippen molar-refractivity contribution in [2.24, 2.45) is 0 Å². The van der Waals surface area contributed by atoms with E-state index in [4.69, 9.17) is 0 Å². The summed E-state index contributed by atoms with van der Waals surface area (Å²) in [6, 6.07) is 13.7. The van der Waals surface area contributed by atoms with Gasteiger partial charge in [-0.3, -0.25) is 0 Å². The van der Waals surface area contributed by atoms with Crippen LogP contribution in [0.15, 0.2) is 48.5 Å². The molecular formula is C19H24FNO2S. The summed E-state index contributed by atoms with van der Waals surface area (Å²) in [6.45, 7) is 6.99. The van der Waals surface area contributed by atoms with Gasteiger partial charge in [0.05, 0.1) is 16.5 Å². The molecule has 5 heteroatoms. The van der Waals surface area contributed by atoms with Crippen LogP contribution in [0.3, 0.4) is 0 Å². The van der Waals surface area contributed by atoms with Crippen LogP contribution in [0, 0.1) is 5.82 Å². The zero-order valence-corrected chi connectivity index (χ0v) is 15.3. The molecule has 2 rings (SSSR count). The van der Waals surface area contributed by atoms with Crippen LogP contribution in [0.1, 0.15) is 44.9 Å². The molecule has 0 amide bonds. The average molecular weight is 349 g/mol. The van der Waals surface area contributed by atoms with Crippen molar-refractivity contribution in [2.45, 2.75) is 44.2 Å². The Morgan fingerprint density at radius 2 is 1.62 bits per heavy atom. The third kappa shape index (κ3) is 4.35. The summed E-state index contributed by atoms with van der Waals surface area (Å²) in [5.41, 5.74) is 2.16. The average Bonchev–Trinajstić information content (AvgIpc) is 2.48. The quantitative estimate of drug-likeness (QED) is 0.850. The first-order valence-corrected chi connectivity index (χ1v) is 9.57.